The maximum absolute atomic E-state index is 10.5. The van der Waals surface area contributed by atoms with Crippen molar-refractivity contribution in [2.24, 2.45) is 5.73 Å². The van der Waals surface area contributed by atoms with Crippen LogP contribution < -0.4 is 11.1 Å². The van der Waals surface area contributed by atoms with E-state index in [1.807, 2.05) is 31.2 Å². The molecule has 80 valence electrons. The van der Waals surface area contributed by atoms with Crippen LogP contribution in [0.2, 0.25) is 0 Å². The Hall–Kier alpha value is -1.84. The van der Waals surface area contributed by atoms with Gasteiger partial charge in [0.2, 0.25) is 0 Å². The van der Waals surface area contributed by atoms with Gasteiger partial charge in [0.25, 0.3) is 0 Å². The van der Waals surface area contributed by atoms with Gasteiger partial charge in [-0.25, -0.2) is 4.79 Å². The highest BCUT2D eigenvalue weighted by atomic mass is 16.2. The van der Waals surface area contributed by atoms with Gasteiger partial charge in [-0.1, -0.05) is 18.2 Å². The molecule has 0 aromatic carbocycles. The zero-order chi connectivity index (χ0) is 11.1. The van der Waals surface area contributed by atoms with E-state index in [2.05, 4.69) is 10.3 Å². The Morgan fingerprint density at radius 3 is 3.13 bits per heavy atom. The van der Waals surface area contributed by atoms with Crippen molar-refractivity contribution >= 4 is 12.1 Å². The smallest absolute Gasteiger partial charge is 0.312 e. The first-order valence-corrected chi connectivity index (χ1v) is 4.81. The molecular weight excluding hydrogens is 190 g/mol. The molecule has 4 nitrogen and oxygen atoms in total. The van der Waals surface area contributed by atoms with Crippen molar-refractivity contribution in [1.29, 1.82) is 0 Å². The molecule has 0 radical (unpaired) electrons. The number of carbonyl (C=O) groups excluding carboxylic acids is 1. The predicted molar refractivity (Wildman–Crippen MR) is 60.1 cm³/mol. The summed E-state index contributed by atoms with van der Waals surface area (Å²) in [5, 5.41) is 2.60. The number of primary amides is 1. The third-order valence-electron chi connectivity index (χ3n) is 1.87. The van der Waals surface area contributed by atoms with E-state index in [-0.39, 0.29) is 6.04 Å². The molecule has 1 rings (SSSR count). The first kappa shape index (κ1) is 11.2. The topological polar surface area (TPSA) is 68.0 Å². The van der Waals surface area contributed by atoms with Gasteiger partial charge in [0, 0.05) is 18.4 Å². The molecule has 1 aromatic heterocycles. The molecule has 4 heteroatoms. The van der Waals surface area contributed by atoms with E-state index >= 15 is 0 Å². The number of rotatable bonds is 4. The van der Waals surface area contributed by atoms with E-state index in [4.69, 9.17) is 5.73 Å². The molecule has 1 atom stereocenters. The number of nitrogens with one attached hydrogen (secondary N) is 1. The summed E-state index contributed by atoms with van der Waals surface area (Å²) in [7, 11) is 0. The number of urea groups is 1. The minimum Gasteiger partial charge on any atom is -0.352 e. The van der Waals surface area contributed by atoms with Crippen molar-refractivity contribution < 1.29 is 4.79 Å². The summed E-state index contributed by atoms with van der Waals surface area (Å²) in [5.41, 5.74) is 6.04. The lowest BCUT2D eigenvalue weighted by Gasteiger charge is -2.08. The summed E-state index contributed by atoms with van der Waals surface area (Å²) in [4.78, 5) is 14.5. The lowest BCUT2D eigenvalue weighted by molar-refractivity contribution is 0.246. The van der Waals surface area contributed by atoms with Gasteiger partial charge < -0.3 is 11.1 Å². The molecule has 2 amide bonds. The number of hydrogen-bond donors (Lipinski definition) is 2. The summed E-state index contributed by atoms with van der Waals surface area (Å²) in [5.74, 6) is 0. The monoisotopic (exact) mass is 205 g/mol. The van der Waals surface area contributed by atoms with Crippen LogP contribution in [-0.4, -0.2) is 17.1 Å². The summed E-state index contributed by atoms with van der Waals surface area (Å²) < 4.78 is 0. The molecule has 1 unspecified atom stereocenters. The normalized spacial score (nSPS) is 12.6. The van der Waals surface area contributed by atoms with Gasteiger partial charge in [0.1, 0.15) is 0 Å². The van der Waals surface area contributed by atoms with Crippen LogP contribution in [0.3, 0.4) is 0 Å². The maximum Gasteiger partial charge on any atom is 0.312 e. The van der Waals surface area contributed by atoms with E-state index in [0.717, 1.165) is 12.0 Å². The van der Waals surface area contributed by atoms with Crippen LogP contribution in [0.25, 0.3) is 6.08 Å². The molecule has 0 aliphatic heterocycles. The summed E-state index contributed by atoms with van der Waals surface area (Å²) in [6, 6.07) is 3.41. The standard InChI is InChI=1S/C11H15N3O/c1-9(14-11(12)15)4-2-5-10-6-3-7-13-8-10/h2-3,5-9H,4H2,1H3,(H3,12,14,15)/b5-2+. The SMILES string of the molecule is CC(C/C=C/c1cccnc1)NC(N)=O. The van der Waals surface area contributed by atoms with Gasteiger partial charge in [-0.15, -0.1) is 0 Å². The van der Waals surface area contributed by atoms with E-state index < -0.39 is 6.03 Å². The van der Waals surface area contributed by atoms with Gasteiger partial charge in [-0.05, 0) is 25.0 Å². The molecule has 3 N–H and O–H groups in total. The van der Waals surface area contributed by atoms with Crippen molar-refractivity contribution in [3.63, 3.8) is 0 Å². The summed E-state index contributed by atoms with van der Waals surface area (Å²) in [6.07, 6.45) is 8.21. The Labute approximate surface area is 89.2 Å². The van der Waals surface area contributed by atoms with Crippen molar-refractivity contribution in [3.05, 3.63) is 36.2 Å². The van der Waals surface area contributed by atoms with Crippen molar-refractivity contribution in [2.75, 3.05) is 0 Å². The third kappa shape index (κ3) is 4.81. The van der Waals surface area contributed by atoms with Crippen LogP contribution in [0.15, 0.2) is 30.6 Å². The Kier molecular flexibility index (Phi) is 4.34. The first-order valence-electron chi connectivity index (χ1n) is 4.81. The van der Waals surface area contributed by atoms with Crippen LogP contribution in [0.1, 0.15) is 18.9 Å². The summed E-state index contributed by atoms with van der Waals surface area (Å²) >= 11 is 0. The highest BCUT2D eigenvalue weighted by molar-refractivity contribution is 5.71. The number of aromatic nitrogens is 1. The van der Waals surface area contributed by atoms with E-state index in [0.29, 0.717) is 0 Å². The van der Waals surface area contributed by atoms with Crippen LogP contribution in [0.4, 0.5) is 4.79 Å². The molecule has 0 bridgehead atoms. The molecule has 0 aliphatic carbocycles. The van der Waals surface area contributed by atoms with E-state index in [1.165, 1.54) is 0 Å². The maximum atomic E-state index is 10.5. The van der Waals surface area contributed by atoms with Gasteiger partial charge >= 0.3 is 6.03 Å². The fraction of sp³-hybridized carbons (Fsp3) is 0.273. The quantitative estimate of drug-likeness (QED) is 0.782. The number of carbonyl (C=O) groups is 1. The average Bonchev–Trinajstić information content (AvgIpc) is 2.18. The van der Waals surface area contributed by atoms with Gasteiger partial charge in [0.15, 0.2) is 0 Å². The number of nitrogens with zero attached hydrogens (tertiary/aromatic N) is 1. The van der Waals surface area contributed by atoms with Gasteiger partial charge in [0.05, 0.1) is 0 Å². The largest absolute Gasteiger partial charge is 0.352 e. The van der Waals surface area contributed by atoms with Gasteiger partial charge in [-0.2, -0.15) is 0 Å². The summed E-state index contributed by atoms with van der Waals surface area (Å²) in [6.45, 7) is 1.90. The second-order valence-corrected chi connectivity index (χ2v) is 3.33. The Morgan fingerprint density at radius 1 is 1.73 bits per heavy atom. The van der Waals surface area contributed by atoms with E-state index in [1.54, 1.807) is 12.4 Å². The molecule has 1 aromatic rings. The lowest BCUT2D eigenvalue weighted by atomic mass is 10.2. The third-order valence-corrected chi connectivity index (χ3v) is 1.87. The fourth-order valence-corrected chi connectivity index (χ4v) is 1.18. The molecule has 1 heterocycles. The minimum absolute atomic E-state index is 0.0513. The molecule has 0 saturated carbocycles. The number of pyridine rings is 1. The van der Waals surface area contributed by atoms with Gasteiger partial charge in [-0.3, -0.25) is 4.98 Å². The Balaban J connectivity index is 2.37. The molecule has 0 fully saturated rings. The van der Waals surface area contributed by atoms with Crippen LogP contribution >= 0.6 is 0 Å². The minimum atomic E-state index is -0.489. The second-order valence-electron chi connectivity index (χ2n) is 3.33. The zero-order valence-corrected chi connectivity index (χ0v) is 8.68. The molecular formula is C11H15N3O. The van der Waals surface area contributed by atoms with Crippen LogP contribution in [0, 0.1) is 0 Å². The Morgan fingerprint density at radius 2 is 2.53 bits per heavy atom. The molecule has 0 aliphatic rings. The number of amides is 2. The van der Waals surface area contributed by atoms with Crippen LogP contribution in [0.5, 0.6) is 0 Å². The lowest BCUT2D eigenvalue weighted by Crippen LogP contribution is -2.36. The molecule has 15 heavy (non-hydrogen) atoms. The van der Waals surface area contributed by atoms with Crippen molar-refractivity contribution in [3.8, 4) is 0 Å². The first-order chi connectivity index (χ1) is 7.18. The fourth-order valence-electron chi connectivity index (χ4n) is 1.18. The number of nitrogens with two attached hydrogens (primary N) is 1. The zero-order valence-electron chi connectivity index (χ0n) is 8.68. The second kappa shape index (κ2) is 5.80. The van der Waals surface area contributed by atoms with Crippen molar-refractivity contribution in [1.82, 2.24) is 10.3 Å². The Bertz CT molecular complexity index is 335. The molecule has 0 saturated heterocycles. The average molecular weight is 205 g/mol. The highest BCUT2D eigenvalue weighted by Gasteiger charge is 1.99. The molecule has 0 spiro atoms. The van der Waals surface area contributed by atoms with E-state index in [9.17, 15) is 4.79 Å². The van der Waals surface area contributed by atoms with Crippen LogP contribution in [-0.2, 0) is 0 Å². The number of hydrogen-bond acceptors (Lipinski definition) is 2. The predicted octanol–water partition coefficient (Wildman–Crippen LogP) is 1.54. The highest BCUT2D eigenvalue weighted by Crippen LogP contribution is 2.01. The van der Waals surface area contributed by atoms with Crippen molar-refractivity contribution in [2.45, 2.75) is 19.4 Å².